The molecule has 765 valence electrons. The first kappa shape index (κ1) is 120. The van der Waals surface area contributed by atoms with Gasteiger partial charge >= 0.3 is 70.5 Å². The molecule has 14 aliphatic rings. The van der Waals surface area contributed by atoms with Crippen LogP contribution in [0, 0.1) is 6.92 Å². The van der Waals surface area contributed by atoms with Gasteiger partial charge in [-0.15, -0.1) is 0 Å². The first-order chi connectivity index (χ1) is 58.4. The number of rotatable bonds is 14. The Morgan fingerprint density at radius 1 is 0.424 bits per heavy atom. The molecule has 14 saturated heterocycles. The van der Waals surface area contributed by atoms with E-state index in [1.54, 1.807) is 109 Å². The number of esters is 5. The third-order valence-corrected chi connectivity index (χ3v) is 21.6. The summed E-state index contributed by atoms with van der Waals surface area (Å²) >= 11 is 0. The van der Waals surface area contributed by atoms with Crippen molar-refractivity contribution in [1.82, 2.24) is 0 Å². The number of ether oxygens (including phenoxy) is 27. The summed E-state index contributed by atoms with van der Waals surface area (Å²) in [5, 5.41) is 77.1. The van der Waals surface area contributed by atoms with E-state index in [9.17, 15) is 62.7 Å². The van der Waals surface area contributed by atoms with Gasteiger partial charge < -0.3 is 174 Å². The largest absolute Gasteiger partial charge is 0.481 e. The van der Waals surface area contributed by atoms with Gasteiger partial charge in [0.05, 0.1) is 79.5 Å². The van der Waals surface area contributed by atoms with E-state index in [-0.39, 0.29) is 71.4 Å². The zero-order chi connectivity index (χ0) is 96.0. The van der Waals surface area contributed by atoms with Gasteiger partial charge in [0.2, 0.25) is 0 Å². The standard InChI is InChI=1S/C17H22O9S.C13H20O7.C12H18O7.C10H15N3O6.C10H17NO6.C10H16O7.2C2H4O2.4CH4.Cu/c1-10-5-7-11(8-6-10)27(20,21)23-9-12-13(18)14-17(24-12,15(19)22-4)26-16(2,3)25-14;1-11(2)16-6-7-8(18-11)9-13(17-7,10(14)15-5)20-12(3,4)19-9;1-10(2)15-5-6-7(17-10)8-12(16-6,9(13)14)19-11(3,4)18-8;1-9(2)18-7-6(14)5(4-12-13-11)17-10(7,19-9)8(15)16-3;2*1-9(2)16-7-6(12)5(4-11)15-10(7,17-9)8(13)14-3;2*1-2(3)4;;;;;/h5-8,12-14,18H,9H2,1-4H3;7-9H,6H2,1-5H3;6-8H,5H2,1-4H3,(H,13,14);5-7,14H,4H2,1-3H3;5-7,12H,4,11H2,1-3H3;5-7,11-12H,4H2,1-3H3;2*1H3,(H,3,4);4*1H4;/t12-,13+,14-,17+;7-,8+,9-,13+;6-,7+,8-,12+;3*5-,6+,7-,10+;;;;;;;/m000000......./s1. The summed E-state index contributed by atoms with van der Waals surface area (Å²) in [4.78, 5) is 92.0. The number of aliphatic hydroxyl groups excluding tert-OH is 5. The van der Waals surface area contributed by atoms with Gasteiger partial charge in [0, 0.05) is 42.4 Å². The van der Waals surface area contributed by atoms with Crippen LogP contribution in [0.1, 0.15) is 160 Å². The van der Waals surface area contributed by atoms with Crippen LogP contribution in [0.5, 0.6) is 0 Å². The zero-order valence-electron chi connectivity index (χ0n) is 74.7. The van der Waals surface area contributed by atoms with Crippen LogP contribution in [0.15, 0.2) is 34.3 Å². The van der Waals surface area contributed by atoms with Crippen LogP contribution in [0.2, 0.25) is 0 Å². The van der Waals surface area contributed by atoms with Crippen LogP contribution < -0.4 is 5.73 Å². The van der Waals surface area contributed by atoms with Gasteiger partial charge in [0.25, 0.3) is 22.1 Å². The monoisotopic (exact) mass is 1980 g/mol. The molecule has 14 fully saturated rings. The Labute approximate surface area is 774 Å². The van der Waals surface area contributed by atoms with Gasteiger partial charge in [0.15, 0.2) is 82.9 Å². The van der Waals surface area contributed by atoms with Crippen molar-refractivity contribution in [3.05, 3.63) is 40.3 Å². The SMILES string of the molecule is C.C.C.C.CC(=O)O.CC(=O)O.CC1(C)OC[C@@H]2O[C@@]3(C(=O)O)OC(C)(C)O[C@H]3[C@@H]2O1.COC(=O)[C@@]12O[C@@H](CN)[C@@H](O)[C@@H]1OC(C)(C)O2.COC(=O)[C@@]12O[C@@H](CN=[N+]=[N-])[C@@H](O)[C@@H]1OC(C)(C)O2.COC(=O)[C@@]12O[C@@H](CO)[C@@H](O)[C@@H]1OC(C)(C)O2.COC(=O)[C@@]12O[C@@H](COS(=O)(=O)c3ccc(C)cc3)[C@@H](O)[C@@H]1OC(C)(C)O2.COC(=O)[C@@]12O[C@H]3COC(C)(C)O[C@H]3[C@@H]1OC(C)(C)O2.[Cu]. The fourth-order valence-electron chi connectivity index (χ4n) is 15.6. The number of aliphatic hydroxyl groups is 5. The van der Waals surface area contributed by atoms with Gasteiger partial charge in [-0.25, -0.2) is 28.8 Å². The molecule has 0 amide bonds. The molecule has 52 heteroatoms. The smallest absolute Gasteiger partial charge is 0.369 e. The number of aliphatic carboxylic acids is 3. The number of methoxy groups -OCH3 is 5. The maximum absolute atomic E-state index is 12.3. The van der Waals surface area contributed by atoms with Gasteiger partial charge in [-0.05, 0) is 135 Å². The molecular weight excluding hydrogens is 1850 g/mol. The number of azide groups is 1. The Hall–Kier alpha value is -6.40. The second-order valence-corrected chi connectivity index (χ2v) is 35.5. The van der Waals surface area contributed by atoms with Gasteiger partial charge in [0.1, 0.15) is 67.1 Å². The minimum Gasteiger partial charge on any atom is -0.481 e. The fourth-order valence-corrected chi connectivity index (χ4v) is 16.6. The van der Waals surface area contributed by atoms with E-state index in [1.165, 1.54) is 40.6 Å². The van der Waals surface area contributed by atoms with Crippen LogP contribution in [0.25, 0.3) is 10.4 Å². The molecule has 0 aromatic heterocycles. The number of carbonyl (C=O) groups excluding carboxylic acids is 5. The topological polar surface area (TPSA) is 666 Å². The van der Waals surface area contributed by atoms with E-state index in [0.717, 1.165) is 26.5 Å². The summed E-state index contributed by atoms with van der Waals surface area (Å²) in [6.07, 6.45) is -16.0. The van der Waals surface area contributed by atoms with E-state index in [2.05, 4.69) is 24.2 Å². The molecule has 14 aliphatic heterocycles. The minimum absolute atomic E-state index is 0. The number of carboxylic acids is 3. The number of fused-ring (bicyclic) bond motifs is 10. The Morgan fingerprint density at radius 3 is 1.00 bits per heavy atom. The maximum Gasteiger partial charge on any atom is 0.369 e. The molecule has 50 nitrogen and oxygen atoms in total. The molecule has 10 N–H and O–H groups in total. The quantitative estimate of drug-likeness (QED) is 0.0244. The number of hydrogen-bond acceptors (Lipinski definition) is 45. The van der Waals surface area contributed by atoms with Crippen molar-refractivity contribution in [2.75, 3.05) is 75.1 Å². The van der Waals surface area contributed by atoms with Crippen molar-refractivity contribution in [3.8, 4) is 0 Å². The van der Waals surface area contributed by atoms with Gasteiger partial charge in [-0.1, -0.05) is 52.5 Å². The second kappa shape index (κ2) is 44.2. The van der Waals surface area contributed by atoms with E-state index in [1.807, 2.05) is 20.8 Å². The first-order valence-electron chi connectivity index (χ1n) is 39.4. The molecular formula is C80H132CuN4O46S. The van der Waals surface area contributed by atoms with Crippen LogP contribution in [0.4, 0.5) is 0 Å². The number of carbonyl (C=O) groups is 8. The summed E-state index contributed by atoms with van der Waals surface area (Å²) in [6.45, 7) is 30.1. The Morgan fingerprint density at radius 2 is 0.689 bits per heavy atom. The number of nitrogens with zero attached hydrogens (tertiary/aromatic N) is 3. The van der Waals surface area contributed by atoms with Crippen LogP contribution in [-0.2, 0) is 198 Å². The summed E-state index contributed by atoms with van der Waals surface area (Å²) in [7, 11) is 1.94. The van der Waals surface area contributed by atoms with Crippen molar-refractivity contribution in [1.29, 1.82) is 0 Å². The zero-order valence-corrected chi connectivity index (χ0v) is 76.4. The van der Waals surface area contributed by atoms with Crippen LogP contribution >= 0.6 is 0 Å². The molecule has 0 bridgehead atoms. The van der Waals surface area contributed by atoms with E-state index < -0.39 is 262 Å². The molecule has 15 rings (SSSR count). The Balaban J connectivity index is 0.000000400. The predicted octanol–water partition coefficient (Wildman–Crippen LogP) is 1.79. The van der Waals surface area contributed by atoms with E-state index >= 15 is 0 Å². The molecule has 1 radical (unpaired) electrons. The summed E-state index contributed by atoms with van der Waals surface area (Å²) in [5.74, 6) is -25.4. The minimum atomic E-state index is -4.07. The summed E-state index contributed by atoms with van der Waals surface area (Å²) in [5.41, 5.74) is 14.6. The average Bonchev–Trinajstić information content (AvgIpc) is 1.55. The Bertz CT molecular complexity index is 4210. The van der Waals surface area contributed by atoms with Crippen molar-refractivity contribution in [3.63, 3.8) is 0 Å². The molecule has 1 aromatic rings. The number of carboxylic acid groups (broad SMARTS) is 3. The average molecular weight is 1980 g/mol. The second-order valence-electron chi connectivity index (χ2n) is 33.9. The number of aryl methyl sites for hydroxylation is 1. The van der Waals surface area contributed by atoms with Crippen molar-refractivity contribution in [2.24, 2.45) is 10.8 Å². The van der Waals surface area contributed by atoms with Crippen molar-refractivity contribution >= 4 is 57.9 Å². The summed E-state index contributed by atoms with van der Waals surface area (Å²) < 4.78 is 175. The normalized spacial score (nSPS) is 37.3. The maximum atomic E-state index is 12.3. The molecule has 0 spiro atoms. The predicted molar refractivity (Wildman–Crippen MR) is 435 cm³/mol. The third-order valence-electron chi connectivity index (χ3n) is 20.3. The molecule has 132 heavy (non-hydrogen) atoms. The molecule has 24 atom stereocenters. The molecule has 0 aliphatic carbocycles. The molecule has 14 heterocycles. The number of hydrogen-bond donors (Lipinski definition) is 9. The third kappa shape index (κ3) is 25.2. The molecule has 0 saturated carbocycles. The molecule has 0 unspecified atom stereocenters. The van der Waals surface area contributed by atoms with Crippen molar-refractivity contribution < 1.29 is 237 Å². The number of benzene rings is 1. The van der Waals surface area contributed by atoms with Crippen molar-refractivity contribution in [2.45, 2.75) is 357 Å². The van der Waals surface area contributed by atoms with Gasteiger partial charge in [-0.3, -0.25) is 13.8 Å². The number of nitrogens with two attached hydrogens (primary N) is 1. The Kier molecular flexibility index (Phi) is 40.1. The van der Waals surface area contributed by atoms with E-state index in [0.29, 0.717) is 6.61 Å². The molecule has 1 aromatic carbocycles. The first-order valence-corrected chi connectivity index (χ1v) is 40.8. The van der Waals surface area contributed by atoms with Crippen LogP contribution in [0.3, 0.4) is 0 Å². The van der Waals surface area contributed by atoms with Crippen LogP contribution in [-0.4, -0.2) is 363 Å². The summed E-state index contributed by atoms with van der Waals surface area (Å²) in [6, 6.07) is 6.10. The van der Waals surface area contributed by atoms with E-state index in [4.69, 9.17) is 154 Å². The fraction of sp³-hybridized carbons (Fsp3) is 0.825. The van der Waals surface area contributed by atoms with Gasteiger partial charge in [-0.2, -0.15) is 8.42 Å².